The Morgan fingerprint density at radius 2 is 0.724 bits per heavy atom. The van der Waals surface area contributed by atoms with Crippen molar-refractivity contribution < 1.29 is 152 Å². The number of amides is 3. The second-order valence-corrected chi connectivity index (χ2v) is 21.3. The largest absolute Gasteiger partial charge is 0.534 e. The molecule has 1 heterocycles. The summed E-state index contributed by atoms with van der Waals surface area (Å²) in [7, 11) is 1.32. The highest BCUT2D eigenvalue weighted by atomic mass is 16.8. The van der Waals surface area contributed by atoms with Crippen molar-refractivity contribution in [2.45, 2.75) is 38.7 Å². The van der Waals surface area contributed by atoms with Crippen LogP contribution in [-0.4, -0.2) is 365 Å². The van der Waals surface area contributed by atoms with Gasteiger partial charge in [0.25, 0.3) is 17.5 Å². The van der Waals surface area contributed by atoms with E-state index in [0.717, 1.165) is 6.07 Å². The van der Waals surface area contributed by atoms with Gasteiger partial charge in [-0.25, -0.2) is 4.79 Å². The fraction of sp³-hybridized carbons (Fsp3) is 0.848. The van der Waals surface area contributed by atoms with Gasteiger partial charge in [-0.2, -0.15) is 0 Å². The molecule has 0 bridgehead atoms. The molecule has 1 N–H and O–H groups in total. The molecule has 1 atom stereocenters. The van der Waals surface area contributed by atoms with Crippen molar-refractivity contribution in [3.63, 3.8) is 0 Å². The van der Waals surface area contributed by atoms with Crippen molar-refractivity contribution in [1.82, 2.24) is 10.4 Å². The van der Waals surface area contributed by atoms with Gasteiger partial charge < -0.3 is 128 Å². The molecule has 0 aromatic heterocycles. The average molecular weight is 1520 g/mol. The van der Waals surface area contributed by atoms with Crippen LogP contribution >= 0.6 is 0 Å². The molecule has 608 valence electrons. The van der Waals surface area contributed by atoms with Crippen LogP contribution in [0.1, 0.15) is 44.3 Å². The quantitative estimate of drug-likeness (QED) is 0.0143. The van der Waals surface area contributed by atoms with E-state index in [1.165, 1.54) is 20.1 Å². The molecular weight excluding hydrogens is 1400 g/mol. The summed E-state index contributed by atoms with van der Waals surface area (Å²) in [4.78, 5) is 66.6. The summed E-state index contributed by atoms with van der Waals surface area (Å²) in [6.07, 6.45) is -2.48. The Hall–Kier alpha value is -5.51. The first-order valence-electron chi connectivity index (χ1n) is 35.5. The van der Waals surface area contributed by atoms with Crippen LogP contribution in [0.4, 0.5) is 10.5 Å². The maximum Gasteiger partial charge on any atom is 0.534 e. The van der Waals surface area contributed by atoms with Crippen LogP contribution in [-0.2, 0) is 133 Å². The molecule has 1 aliphatic heterocycles. The predicted molar refractivity (Wildman–Crippen MR) is 367 cm³/mol. The third-order valence-corrected chi connectivity index (χ3v) is 13.3. The lowest BCUT2D eigenvalue weighted by Gasteiger charge is -2.18. The van der Waals surface area contributed by atoms with Crippen LogP contribution < -0.4 is 14.8 Å². The van der Waals surface area contributed by atoms with Gasteiger partial charge in [0, 0.05) is 37.3 Å². The Labute approximate surface area is 614 Å². The summed E-state index contributed by atoms with van der Waals surface area (Å²) < 4.78 is 142. The van der Waals surface area contributed by atoms with Crippen LogP contribution in [0.5, 0.6) is 11.5 Å². The van der Waals surface area contributed by atoms with Gasteiger partial charge in [0.15, 0.2) is 11.5 Å². The van der Waals surface area contributed by atoms with Crippen LogP contribution in [0.3, 0.4) is 0 Å². The monoisotopic (exact) mass is 1520 g/mol. The van der Waals surface area contributed by atoms with E-state index in [1.54, 1.807) is 0 Å². The number of carbonyl (C=O) groups excluding carboxylic acids is 4. The van der Waals surface area contributed by atoms with E-state index in [0.29, 0.717) is 309 Å². The molecule has 1 fully saturated rings. The number of nitro groups is 1. The summed E-state index contributed by atoms with van der Waals surface area (Å²) in [6, 6.07) is 2.37. The number of imide groups is 1. The average Bonchev–Trinajstić information content (AvgIpc) is 1.23. The van der Waals surface area contributed by atoms with E-state index in [1.807, 2.05) is 0 Å². The number of hydrogen-bond acceptors (Lipinski definition) is 34. The second kappa shape index (κ2) is 74.0. The molecule has 2 rings (SSSR count). The first-order chi connectivity index (χ1) is 51.7. The van der Waals surface area contributed by atoms with Gasteiger partial charge in [-0.1, -0.05) is 10.2 Å². The Morgan fingerprint density at radius 3 is 0.990 bits per heavy atom. The molecule has 1 aromatic carbocycles. The Balaban J connectivity index is 1.16. The van der Waals surface area contributed by atoms with Crippen LogP contribution in [0, 0.1) is 10.1 Å². The molecule has 0 spiro atoms. The Kier molecular flexibility index (Phi) is 67.3. The number of hydrogen-bond donors (Lipinski definition) is 1. The minimum atomic E-state index is -1.40. The molecule has 1 aliphatic rings. The van der Waals surface area contributed by atoms with Crippen molar-refractivity contribution >= 4 is 29.6 Å². The summed E-state index contributed by atoms with van der Waals surface area (Å²) in [5.74, 6) is -1.54. The molecule has 0 aliphatic carbocycles. The van der Waals surface area contributed by atoms with Gasteiger partial charge in [-0.15, -0.1) is 0 Å². The smallest absolute Gasteiger partial charge is 0.493 e. The molecule has 1 saturated heterocycles. The first-order valence-corrected chi connectivity index (χ1v) is 35.5. The highest BCUT2D eigenvalue weighted by molar-refractivity contribution is 6.01. The predicted octanol–water partition coefficient (Wildman–Crippen LogP) is 2.85. The highest BCUT2D eigenvalue weighted by Gasteiger charge is 2.35. The highest BCUT2D eigenvalue weighted by Crippen LogP contribution is 2.39. The topological polar surface area (TPSA) is 425 Å². The first kappa shape index (κ1) is 95.6. The van der Waals surface area contributed by atoms with Crippen LogP contribution in [0.25, 0.3) is 10.4 Å². The maximum atomic E-state index is 12.3. The lowest BCUT2D eigenvalue weighted by molar-refractivity contribution is -0.386. The Bertz CT molecular complexity index is 2270. The molecule has 0 radical (unpaired) electrons. The summed E-state index contributed by atoms with van der Waals surface area (Å²) in [5, 5.41) is 18.3. The van der Waals surface area contributed by atoms with Crippen molar-refractivity contribution in [2.75, 3.05) is 331 Å². The normalized spacial score (nSPS) is 12.5. The molecule has 105 heavy (non-hydrogen) atoms. The minimum absolute atomic E-state index is 0.0273. The molecule has 39 heteroatoms. The number of nitro benzene ring substituents is 1. The van der Waals surface area contributed by atoms with Crippen LogP contribution in [0.2, 0.25) is 0 Å². The number of azide groups is 1. The lowest BCUT2D eigenvalue weighted by Crippen LogP contribution is -2.32. The SMILES string of the molecule is COc1cc(C(C)OC(=O)ON2C(=O)CCC2=O)c([N+](=O)[O-])cc1OCCCC(=O)NCCOCCOCCOCCOCCOCCOCCOCCOCCOCCOCCOCCOCCOCCOCCOCCOCCOCCOCCOCCOCCOCCOCCOCCN=[N+]=[N-]. The van der Waals surface area contributed by atoms with Gasteiger partial charge in [-0.05, 0) is 24.9 Å². The van der Waals surface area contributed by atoms with Gasteiger partial charge in [0.1, 0.15) is 6.10 Å². The second-order valence-electron chi connectivity index (χ2n) is 21.3. The van der Waals surface area contributed by atoms with Gasteiger partial charge in [-0.3, -0.25) is 29.3 Å². The van der Waals surface area contributed by atoms with E-state index in [2.05, 4.69) is 20.2 Å². The van der Waals surface area contributed by atoms with Crippen molar-refractivity contribution in [3.05, 3.63) is 38.3 Å². The molecule has 1 unspecified atom stereocenters. The summed E-state index contributed by atoms with van der Waals surface area (Å²) >= 11 is 0. The summed E-state index contributed by atoms with van der Waals surface area (Å²) in [5.41, 5.74) is 7.67. The van der Waals surface area contributed by atoms with E-state index in [9.17, 15) is 29.3 Å². The van der Waals surface area contributed by atoms with Crippen LogP contribution in [0.15, 0.2) is 17.2 Å². The number of ether oxygens (including phenoxy) is 26. The van der Waals surface area contributed by atoms with E-state index in [-0.39, 0.29) is 68.4 Å². The standard InChI is InChI=1S/C66H116N6O33/c1-58(104-66(76)105-71-64(74)5-6-65(71)75)59-56-61(79-2)62(57-60(59)72(77)78)103-9-3-4-63(73)68-7-10-80-12-14-82-16-18-84-20-22-86-24-26-88-28-30-90-32-34-92-36-38-94-40-42-96-44-46-98-48-50-100-52-54-102-55-53-101-51-49-99-47-45-97-43-41-95-39-37-93-35-33-91-31-29-89-27-25-87-23-21-85-19-17-83-15-13-81-11-8-69-70-67/h56-58H,3-55H2,1-2H3,(H,68,73). The molecule has 1 aromatic rings. The number of nitrogens with one attached hydrogen (secondary N) is 1. The molecule has 39 nitrogen and oxygen atoms in total. The third kappa shape index (κ3) is 60.1. The molecular formula is C66H116N6O33. The number of methoxy groups -OCH3 is 1. The molecule has 0 saturated carbocycles. The maximum absolute atomic E-state index is 12.3. The lowest BCUT2D eigenvalue weighted by atomic mass is 10.1. The Morgan fingerprint density at radius 1 is 0.448 bits per heavy atom. The van der Waals surface area contributed by atoms with Gasteiger partial charge in [0.05, 0.1) is 334 Å². The zero-order valence-corrected chi connectivity index (χ0v) is 61.4. The zero-order chi connectivity index (χ0) is 75.5. The fourth-order valence-corrected chi connectivity index (χ4v) is 8.14. The van der Waals surface area contributed by atoms with Crippen molar-refractivity contribution in [2.24, 2.45) is 5.11 Å². The number of nitrogens with zero attached hydrogens (tertiary/aromatic N) is 5. The van der Waals surface area contributed by atoms with Crippen molar-refractivity contribution in [1.29, 1.82) is 0 Å². The summed E-state index contributed by atoms with van der Waals surface area (Å²) in [6.45, 7) is 22.5. The van der Waals surface area contributed by atoms with E-state index < -0.39 is 34.7 Å². The number of benzene rings is 1. The zero-order valence-electron chi connectivity index (χ0n) is 61.4. The number of rotatable bonds is 82. The van der Waals surface area contributed by atoms with Gasteiger partial charge in [0.2, 0.25) is 5.91 Å². The fourth-order valence-electron chi connectivity index (χ4n) is 8.14. The van der Waals surface area contributed by atoms with Crippen molar-refractivity contribution in [3.8, 4) is 11.5 Å². The number of carbonyl (C=O) groups is 4. The van der Waals surface area contributed by atoms with Gasteiger partial charge >= 0.3 is 6.16 Å². The minimum Gasteiger partial charge on any atom is -0.493 e. The molecule has 3 amide bonds. The number of hydroxylamine groups is 2. The van der Waals surface area contributed by atoms with E-state index in [4.69, 9.17) is 129 Å². The van der Waals surface area contributed by atoms with E-state index >= 15 is 0 Å². The third-order valence-electron chi connectivity index (χ3n) is 13.3.